The molecule has 2 N–H and O–H groups in total. The molecule has 15 heavy (non-hydrogen) atoms. The summed E-state index contributed by atoms with van der Waals surface area (Å²) in [5, 5.41) is 8.55. The minimum Gasteiger partial charge on any atom is -0.514 e. The molecule has 0 unspecified atom stereocenters. The van der Waals surface area contributed by atoms with Crippen LogP contribution in [0.25, 0.3) is 0 Å². The minimum atomic E-state index is -3.86. The van der Waals surface area contributed by atoms with Crippen molar-refractivity contribution in [1.82, 2.24) is 9.80 Å². The van der Waals surface area contributed by atoms with Crippen LogP contribution in [0.5, 0.6) is 0 Å². The first kappa shape index (κ1) is 12.3. The molecule has 0 radical (unpaired) electrons. The summed E-state index contributed by atoms with van der Waals surface area (Å²) in [5.74, 6) is -0.219. The SMILES string of the molecule is O=S(=O)(O)CCN1CCN(C=CO)CC1. The summed E-state index contributed by atoms with van der Waals surface area (Å²) in [6.07, 6.45) is 2.59. The van der Waals surface area contributed by atoms with E-state index in [2.05, 4.69) is 0 Å². The number of aliphatic hydroxyl groups excluding tert-OH is 1. The van der Waals surface area contributed by atoms with Crippen molar-refractivity contribution in [3.05, 3.63) is 12.5 Å². The van der Waals surface area contributed by atoms with Gasteiger partial charge in [-0.25, -0.2) is 0 Å². The van der Waals surface area contributed by atoms with E-state index >= 15 is 0 Å². The Labute approximate surface area is 89.5 Å². The summed E-state index contributed by atoms with van der Waals surface area (Å²) in [6.45, 7) is 3.33. The quantitative estimate of drug-likeness (QED) is 0.507. The molecule has 0 spiro atoms. The first-order valence-corrected chi connectivity index (χ1v) is 6.34. The van der Waals surface area contributed by atoms with Crippen molar-refractivity contribution in [2.75, 3.05) is 38.5 Å². The van der Waals surface area contributed by atoms with Crippen molar-refractivity contribution in [3.63, 3.8) is 0 Å². The highest BCUT2D eigenvalue weighted by Crippen LogP contribution is 2.02. The summed E-state index contributed by atoms with van der Waals surface area (Å²) < 4.78 is 29.6. The van der Waals surface area contributed by atoms with Crippen molar-refractivity contribution >= 4 is 10.1 Å². The fourth-order valence-electron chi connectivity index (χ4n) is 1.47. The Bertz CT molecular complexity index is 307. The maximum absolute atomic E-state index is 10.5. The third kappa shape index (κ3) is 5.01. The molecule has 0 bridgehead atoms. The summed E-state index contributed by atoms with van der Waals surface area (Å²) >= 11 is 0. The molecule has 1 rings (SSSR count). The molecule has 1 heterocycles. The Morgan fingerprint density at radius 3 is 2.27 bits per heavy atom. The number of hydrogen-bond donors (Lipinski definition) is 2. The van der Waals surface area contributed by atoms with Crippen LogP contribution in [0.1, 0.15) is 0 Å². The molecule has 0 aromatic heterocycles. The van der Waals surface area contributed by atoms with Gasteiger partial charge in [-0.15, -0.1) is 0 Å². The lowest BCUT2D eigenvalue weighted by atomic mass is 10.3. The number of rotatable bonds is 4. The van der Waals surface area contributed by atoms with E-state index < -0.39 is 10.1 Å². The molecule has 88 valence electrons. The Kier molecular flexibility index (Phi) is 4.37. The number of aliphatic hydroxyl groups is 1. The van der Waals surface area contributed by atoms with E-state index in [4.69, 9.17) is 9.66 Å². The van der Waals surface area contributed by atoms with Crippen LogP contribution < -0.4 is 0 Å². The van der Waals surface area contributed by atoms with Crippen LogP contribution in [0, 0.1) is 0 Å². The minimum absolute atomic E-state index is 0.219. The topological polar surface area (TPSA) is 81.1 Å². The molecule has 0 atom stereocenters. The predicted octanol–water partition coefficient (Wildman–Crippen LogP) is -0.479. The van der Waals surface area contributed by atoms with Gasteiger partial charge in [0.25, 0.3) is 10.1 Å². The van der Waals surface area contributed by atoms with E-state index in [0.717, 1.165) is 32.4 Å². The predicted molar refractivity (Wildman–Crippen MR) is 56.2 cm³/mol. The lowest BCUT2D eigenvalue weighted by Crippen LogP contribution is -2.45. The molecule has 0 aromatic rings. The molecule has 1 fully saturated rings. The Hall–Kier alpha value is -0.790. The van der Waals surface area contributed by atoms with Gasteiger partial charge in [0, 0.05) is 38.9 Å². The molecule has 0 aliphatic carbocycles. The standard InChI is InChI=1S/C8H16N2O4S/c11-7-5-9-1-3-10(4-2-9)6-8-15(12,13)14/h5,7,11H,1-4,6,8H2,(H,12,13,14). The third-order valence-electron chi connectivity index (χ3n) is 2.35. The second-order valence-electron chi connectivity index (χ2n) is 3.46. The summed E-state index contributed by atoms with van der Waals surface area (Å²) in [5.41, 5.74) is 0. The smallest absolute Gasteiger partial charge is 0.266 e. The van der Waals surface area contributed by atoms with Gasteiger partial charge in [0.05, 0.1) is 12.0 Å². The lowest BCUT2D eigenvalue weighted by molar-refractivity contribution is 0.173. The van der Waals surface area contributed by atoms with Crippen LogP contribution in [-0.2, 0) is 10.1 Å². The number of piperazine rings is 1. The molecular formula is C8H16N2O4S. The van der Waals surface area contributed by atoms with Crippen LogP contribution >= 0.6 is 0 Å². The van der Waals surface area contributed by atoms with Gasteiger partial charge in [-0.05, 0) is 0 Å². The van der Waals surface area contributed by atoms with E-state index in [1.165, 1.54) is 0 Å². The summed E-state index contributed by atoms with van der Waals surface area (Å²) in [4.78, 5) is 3.92. The van der Waals surface area contributed by atoms with Crippen LogP contribution in [0.3, 0.4) is 0 Å². The third-order valence-corrected chi connectivity index (χ3v) is 3.05. The first-order valence-electron chi connectivity index (χ1n) is 4.74. The summed E-state index contributed by atoms with van der Waals surface area (Å²) in [7, 11) is -3.86. The van der Waals surface area contributed by atoms with E-state index in [1.54, 1.807) is 6.20 Å². The lowest BCUT2D eigenvalue weighted by Gasteiger charge is -2.33. The highest BCUT2D eigenvalue weighted by atomic mass is 32.2. The molecular weight excluding hydrogens is 220 g/mol. The largest absolute Gasteiger partial charge is 0.514 e. The van der Waals surface area contributed by atoms with Gasteiger partial charge in [-0.2, -0.15) is 8.42 Å². The first-order chi connectivity index (χ1) is 7.01. The molecule has 0 amide bonds. The van der Waals surface area contributed by atoms with Crippen molar-refractivity contribution in [1.29, 1.82) is 0 Å². The van der Waals surface area contributed by atoms with Crippen LogP contribution in [0.15, 0.2) is 12.5 Å². The van der Waals surface area contributed by atoms with E-state index in [0.29, 0.717) is 6.54 Å². The number of nitrogens with zero attached hydrogens (tertiary/aromatic N) is 2. The zero-order chi connectivity index (χ0) is 11.3. The van der Waals surface area contributed by atoms with Gasteiger partial charge < -0.3 is 10.0 Å². The highest BCUT2D eigenvalue weighted by molar-refractivity contribution is 7.85. The van der Waals surface area contributed by atoms with E-state index in [9.17, 15) is 8.42 Å². The average molecular weight is 236 g/mol. The molecule has 7 heteroatoms. The normalized spacial score (nSPS) is 19.9. The molecule has 6 nitrogen and oxygen atoms in total. The fraction of sp³-hybridized carbons (Fsp3) is 0.750. The highest BCUT2D eigenvalue weighted by Gasteiger charge is 2.16. The van der Waals surface area contributed by atoms with E-state index in [1.807, 2.05) is 9.80 Å². The average Bonchev–Trinajstić information content (AvgIpc) is 2.16. The van der Waals surface area contributed by atoms with Gasteiger partial charge in [0.2, 0.25) is 0 Å². The molecule has 0 aromatic carbocycles. The van der Waals surface area contributed by atoms with Gasteiger partial charge in [-0.1, -0.05) is 0 Å². The van der Waals surface area contributed by atoms with Crippen LogP contribution in [0.4, 0.5) is 0 Å². The fourth-order valence-corrected chi connectivity index (χ4v) is 1.96. The number of hydrogen-bond acceptors (Lipinski definition) is 5. The molecule has 1 aliphatic heterocycles. The Morgan fingerprint density at radius 1 is 1.20 bits per heavy atom. The van der Waals surface area contributed by atoms with Gasteiger partial charge in [0.15, 0.2) is 0 Å². The van der Waals surface area contributed by atoms with Crippen molar-refractivity contribution in [3.8, 4) is 0 Å². The molecule has 1 aliphatic rings. The van der Waals surface area contributed by atoms with Crippen molar-refractivity contribution < 1.29 is 18.1 Å². The maximum atomic E-state index is 10.5. The Morgan fingerprint density at radius 2 is 1.80 bits per heavy atom. The maximum Gasteiger partial charge on any atom is 0.266 e. The van der Waals surface area contributed by atoms with Crippen molar-refractivity contribution in [2.45, 2.75) is 0 Å². The van der Waals surface area contributed by atoms with Gasteiger partial charge >= 0.3 is 0 Å². The van der Waals surface area contributed by atoms with Crippen LogP contribution in [0.2, 0.25) is 0 Å². The van der Waals surface area contributed by atoms with Gasteiger partial charge in [0.1, 0.15) is 0 Å². The monoisotopic (exact) mass is 236 g/mol. The second kappa shape index (κ2) is 5.34. The Balaban J connectivity index is 2.26. The zero-order valence-corrected chi connectivity index (χ0v) is 9.23. The van der Waals surface area contributed by atoms with E-state index in [-0.39, 0.29) is 5.75 Å². The summed E-state index contributed by atoms with van der Waals surface area (Å²) in [6, 6.07) is 0. The molecule has 1 saturated heterocycles. The van der Waals surface area contributed by atoms with Gasteiger partial charge in [-0.3, -0.25) is 9.45 Å². The second-order valence-corrected chi connectivity index (χ2v) is 5.03. The zero-order valence-electron chi connectivity index (χ0n) is 8.41. The van der Waals surface area contributed by atoms with Crippen molar-refractivity contribution in [2.24, 2.45) is 0 Å². The van der Waals surface area contributed by atoms with Crippen LogP contribution in [-0.4, -0.2) is 66.4 Å². The molecule has 0 saturated carbocycles.